The van der Waals surface area contributed by atoms with E-state index in [4.69, 9.17) is 0 Å². The van der Waals surface area contributed by atoms with Crippen LogP contribution in [0.1, 0.15) is 19.5 Å². The molecule has 0 aliphatic carbocycles. The predicted molar refractivity (Wildman–Crippen MR) is 81.1 cm³/mol. The molecule has 0 spiro atoms. The Balaban J connectivity index is 0.000000637. The number of rotatable bonds is 1. The lowest BCUT2D eigenvalue weighted by Gasteiger charge is -2.08. The van der Waals surface area contributed by atoms with Crippen LogP contribution < -0.4 is 0 Å². The van der Waals surface area contributed by atoms with Gasteiger partial charge in [-0.2, -0.15) is 0 Å². The monoisotopic (exact) mass is 250 g/mol. The highest BCUT2D eigenvalue weighted by molar-refractivity contribution is 5.96. The maximum absolute atomic E-state index is 4.35. The summed E-state index contributed by atoms with van der Waals surface area (Å²) in [5.74, 6) is 0. The molecule has 2 heterocycles. The zero-order chi connectivity index (χ0) is 13.7. The fourth-order valence-electron chi connectivity index (χ4n) is 2.13. The van der Waals surface area contributed by atoms with E-state index in [1.807, 2.05) is 45.4 Å². The van der Waals surface area contributed by atoms with Crippen LogP contribution in [-0.2, 0) is 0 Å². The van der Waals surface area contributed by atoms with E-state index >= 15 is 0 Å². The van der Waals surface area contributed by atoms with Crippen LogP contribution in [0.4, 0.5) is 0 Å². The van der Waals surface area contributed by atoms with Gasteiger partial charge in [-0.25, -0.2) is 0 Å². The van der Waals surface area contributed by atoms with Gasteiger partial charge in [-0.05, 0) is 30.0 Å². The third-order valence-corrected chi connectivity index (χ3v) is 2.98. The van der Waals surface area contributed by atoms with Gasteiger partial charge in [0.1, 0.15) is 0 Å². The van der Waals surface area contributed by atoms with Crippen LogP contribution in [0.25, 0.3) is 21.9 Å². The van der Waals surface area contributed by atoms with E-state index in [-0.39, 0.29) is 0 Å². The van der Waals surface area contributed by atoms with Gasteiger partial charge in [-0.1, -0.05) is 38.1 Å². The first-order chi connectivity index (χ1) is 9.36. The molecule has 0 aliphatic rings. The summed E-state index contributed by atoms with van der Waals surface area (Å²) in [4.78, 5) is 8.50. The molecule has 0 bridgehead atoms. The number of aryl methyl sites for hydroxylation is 1. The van der Waals surface area contributed by atoms with E-state index in [1.165, 1.54) is 16.5 Å². The molecular formula is C17H18N2. The smallest absolute Gasteiger partial charge is 0.0451 e. The average Bonchev–Trinajstić information content (AvgIpc) is 2.49. The Kier molecular flexibility index (Phi) is 4.24. The van der Waals surface area contributed by atoms with Crippen molar-refractivity contribution in [1.82, 2.24) is 9.97 Å². The standard InChI is InChI=1S/C15H12N2.C2H6/c1-11-13(6-3-8-17-11)15-5-2-4-12-10-16-9-7-14(12)15;1-2/h2-10H,1H3;1-2H3. The molecule has 0 unspecified atom stereocenters. The summed E-state index contributed by atoms with van der Waals surface area (Å²) in [5.41, 5.74) is 3.46. The van der Waals surface area contributed by atoms with Gasteiger partial charge in [-0.15, -0.1) is 0 Å². The van der Waals surface area contributed by atoms with Gasteiger partial charge in [0, 0.05) is 35.2 Å². The van der Waals surface area contributed by atoms with Gasteiger partial charge in [0.15, 0.2) is 0 Å². The molecule has 2 nitrogen and oxygen atoms in total. The minimum atomic E-state index is 1.05. The molecule has 1 aromatic carbocycles. The molecule has 0 aliphatic heterocycles. The molecule has 3 aromatic rings. The Labute approximate surface area is 114 Å². The molecule has 0 fully saturated rings. The number of hydrogen-bond acceptors (Lipinski definition) is 2. The summed E-state index contributed by atoms with van der Waals surface area (Å²) < 4.78 is 0. The summed E-state index contributed by atoms with van der Waals surface area (Å²) >= 11 is 0. The molecule has 0 radical (unpaired) electrons. The highest BCUT2D eigenvalue weighted by Gasteiger charge is 2.05. The second-order valence-electron chi connectivity index (χ2n) is 4.04. The second kappa shape index (κ2) is 6.10. The summed E-state index contributed by atoms with van der Waals surface area (Å²) in [6, 6.07) is 12.4. The van der Waals surface area contributed by atoms with Crippen LogP contribution in [0.5, 0.6) is 0 Å². The zero-order valence-corrected chi connectivity index (χ0v) is 11.6. The zero-order valence-electron chi connectivity index (χ0n) is 11.6. The number of nitrogens with zero attached hydrogens (tertiary/aromatic N) is 2. The number of fused-ring (bicyclic) bond motifs is 1. The van der Waals surface area contributed by atoms with E-state index in [9.17, 15) is 0 Å². The lowest BCUT2D eigenvalue weighted by molar-refractivity contribution is 1.20. The van der Waals surface area contributed by atoms with Gasteiger partial charge in [0.2, 0.25) is 0 Å². The molecule has 0 saturated carbocycles. The maximum atomic E-state index is 4.35. The summed E-state index contributed by atoms with van der Waals surface area (Å²) in [6.45, 7) is 6.04. The molecule has 0 N–H and O–H groups in total. The molecule has 0 atom stereocenters. The van der Waals surface area contributed by atoms with E-state index in [0.29, 0.717) is 0 Å². The van der Waals surface area contributed by atoms with Gasteiger partial charge in [-0.3, -0.25) is 9.97 Å². The van der Waals surface area contributed by atoms with Crippen molar-refractivity contribution in [1.29, 1.82) is 0 Å². The molecule has 0 saturated heterocycles. The lowest BCUT2D eigenvalue weighted by atomic mass is 9.99. The fraction of sp³-hybridized carbons (Fsp3) is 0.176. The van der Waals surface area contributed by atoms with E-state index in [0.717, 1.165) is 11.1 Å². The molecule has 2 heteroatoms. The molecule has 96 valence electrons. The van der Waals surface area contributed by atoms with Crippen molar-refractivity contribution in [3.8, 4) is 11.1 Å². The average molecular weight is 250 g/mol. The number of hydrogen-bond donors (Lipinski definition) is 0. The van der Waals surface area contributed by atoms with Gasteiger partial charge >= 0.3 is 0 Å². The molecule has 2 aromatic heterocycles. The van der Waals surface area contributed by atoms with E-state index < -0.39 is 0 Å². The van der Waals surface area contributed by atoms with Crippen molar-refractivity contribution in [2.24, 2.45) is 0 Å². The fourth-order valence-corrected chi connectivity index (χ4v) is 2.13. The molecular weight excluding hydrogens is 232 g/mol. The maximum Gasteiger partial charge on any atom is 0.0451 e. The minimum Gasteiger partial charge on any atom is -0.264 e. The van der Waals surface area contributed by atoms with Crippen molar-refractivity contribution >= 4 is 10.8 Å². The summed E-state index contributed by atoms with van der Waals surface area (Å²) in [7, 11) is 0. The van der Waals surface area contributed by atoms with E-state index in [2.05, 4.69) is 40.3 Å². The first kappa shape index (κ1) is 13.2. The van der Waals surface area contributed by atoms with Crippen LogP contribution >= 0.6 is 0 Å². The van der Waals surface area contributed by atoms with Gasteiger partial charge < -0.3 is 0 Å². The Hall–Kier alpha value is -2.22. The van der Waals surface area contributed by atoms with Crippen LogP contribution in [0.15, 0.2) is 55.0 Å². The van der Waals surface area contributed by atoms with Crippen LogP contribution in [0.3, 0.4) is 0 Å². The first-order valence-corrected chi connectivity index (χ1v) is 6.61. The molecule has 3 rings (SSSR count). The Bertz CT molecular complexity index is 669. The van der Waals surface area contributed by atoms with Gasteiger partial charge in [0.05, 0.1) is 0 Å². The first-order valence-electron chi connectivity index (χ1n) is 6.61. The SMILES string of the molecule is CC.Cc1ncccc1-c1cccc2cnccc12. The third-order valence-electron chi connectivity index (χ3n) is 2.98. The van der Waals surface area contributed by atoms with Crippen LogP contribution in [0, 0.1) is 6.92 Å². The van der Waals surface area contributed by atoms with Gasteiger partial charge in [0.25, 0.3) is 0 Å². The Morgan fingerprint density at radius 3 is 2.42 bits per heavy atom. The second-order valence-corrected chi connectivity index (χ2v) is 4.04. The largest absolute Gasteiger partial charge is 0.264 e. The van der Waals surface area contributed by atoms with E-state index in [1.54, 1.807) is 0 Å². The third kappa shape index (κ3) is 2.63. The number of pyridine rings is 2. The van der Waals surface area contributed by atoms with Crippen LogP contribution in [0.2, 0.25) is 0 Å². The quantitative estimate of drug-likeness (QED) is 0.629. The predicted octanol–water partition coefficient (Wildman–Crippen LogP) is 4.63. The normalized spacial score (nSPS) is 9.84. The summed E-state index contributed by atoms with van der Waals surface area (Å²) in [5, 5.41) is 2.38. The minimum absolute atomic E-state index is 1.05. The molecule has 19 heavy (non-hydrogen) atoms. The number of benzene rings is 1. The molecule has 0 amide bonds. The highest BCUT2D eigenvalue weighted by Crippen LogP contribution is 2.29. The van der Waals surface area contributed by atoms with Crippen molar-refractivity contribution in [2.45, 2.75) is 20.8 Å². The van der Waals surface area contributed by atoms with Crippen LogP contribution in [-0.4, -0.2) is 9.97 Å². The summed E-state index contributed by atoms with van der Waals surface area (Å²) in [6.07, 6.45) is 5.55. The highest BCUT2D eigenvalue weighted by atomic mass is 14.7. The van der Waals surface area contributed by atoms with Crippen molar-refractivity contribution in [3.05, 3.63) is 60.7 Å². The van der Waals surface area contributed by atoms with Crippen molar-refractivity contribution in [2.75, 3.05) is 0 Å². The van der Waals surface area contributed by atoms with Crippen molar-refractivity contribution < 1.29 is 0 Å². The lowest BCUT2D eigenvalue weighted by Crippen LogP contribution is -1.88. The number of aromatic nitrogens is 2. The Morgan fingerprint density at radius 1 is 0.842 bits per heavy atom. The van der Waals surface area contributed by atoms with Crippen molar-refractivity contribution in [3.63, 3.8) is 0 Å². The topological polar surface area (TPSA) is 25.8 Å². The Morgan fingerprint density at radius 2 is 1.63 bits per heavy atom.